The van der Waals surface area contributed by atoms with Crippen molar-refractivity contribution in [3.8, 4) is 10.4 Å². The third kappa shape index (κ3) is 3.53. The smallest absolute Gasteiger partial charge is 0.405 e. The summed E-state index contributed by atoms with van der Waals surface area (Å²) in [5.74, 6) is 0.266. The number of nitrogens with one attached hydrogen (secondary N) is 2. The summed E-state index contributed by atoms with van der Waals surface area (Å²) < 4.78 is 0.519. The van der Waals surface area contributed by atoms with E-state index in [1.165, 1.54) is 11.3 Å². The van der Waals surface area contributed by atoms with Crippen LogP contribution in [0.15, 0.2) is 29.2 Å². The number of aromatic amines is 1. The number of hydrogen-bond donors (Lipinski definition) is 3. The lowest BCUT2D eigenvalue weighted by molar-refractivity contribution is 0.185. The Bertz CT molecular complexity index is 993. The lowest BCUT2D eigenvalue weighted by atomic mass is 10.0. The number of amides is 1. The fraction of sp³-hybridized carbons (Fsp3) is 0.294. The molecule has 3 aromatic rings. The molecular formula is C17H18N4O3S. The Hall–Kier alpha value is -2.74. The Labute approximate surface area is 147 Å². The maximum Gasteiger partial charge on any atom is 0.405 e. The van der Waals surface area contributed by atoms with Crippen molar-refractivity contribution < 1.29 is 9.90 Å². The highest BCUT2D eigenvalue weighted by Gasteiger charge is 2.22. The second-order valence-corrected chi connectivity index (χ2v) is 7.19. The molecule has 25 heavy (non-hydrogen) atoms. The van der Waals surface area contributed by atoms with E-state index in [2.05, 4.69) is 20.3 Å². The molecule has 1 unspecified atom stereocenters. The van der Waals surface area contributed by atoms with Crippen molar-refractivity contribution >= 4 is 27.6 Å². The minimum Gasteiger partial charge on any atom is -0.465 e. The van der Waals surface area contributed by atoms with Crippen molar-refractivity contribution in [1.82, 2.24) is 20.3 Å². The Morgan fingerprint density at radius 3 is 2.76 bits per heavy atom. The number of carbonyl (C=O) groups is 1. The van der Waals surface area contributed by atoms with Crippen LogP contribution in [0.5, 0.6) is 0 Å². The van der Waals surface area contributed by atoms with Crippen LogP contribution in [-0.2, 0) is 0 Å². The molecule has 1 amide bonds. The fourth-order valence-corrected chi connectivity index (χ4v) is 3.62. The third-order valence-corrected chi connectivity index (χ3v) is 4.99. The molecule has 0 saturated carbocycles. The van der Waals surface area contributed by atoms with E-state index in [4.69, 9.17) is 5.11 Å². The van der Waals surface area contributed by atoms with Gasteiger partial charge in [-0.15, -0.1) is 11.3 Å². The lowest BCUT2D eigenvalue weighted by Crippen LogP contribution is -2.33. The highest BCUT2D eigenvalue weighted by Crippen LogP contribution is 2.31. The Balaban J connectivity index is 2.10. The molecule has 0 aliphatic heterocycles. The second kappa shape index (κ2) is 6.64. The van der Waals surface area contributed by atoms with Gasteiger partial charge in [0.2, 0.25) is 0 Å². The summed E-state index contributed by atoms with van der Waals surface area (Å²) in [4.78, 5) is 35.8. The summed E-state index contributed by atoms with van der Waals surface area (Å²) in [6.07, 6.45) is 0.573. The molecule has 130 valence electrons. The quantitative estimate of drug-likeness (QED) is 0.663. The van der Waals surface area contributed by atoms with Crippen LogP contribution in [0.25, 0.3) is 20.7 Å². The molecule has 0 aromatic carbocycles. The number of aromatic nitrogens is 3. The Kier molecular flexibility index (Phi) is 4.54. The molecule has 0 radical (unpaired) electrons. The number of pyridine rings is 1. The minimum absolute atomic E-state index is 0.0577. The van der Waals surface area contributed by atoms with Crippen molar-refractivity contribution in [1.29, 1.82) is 0 Å². The van der Waals surface area contributed by atoms with E-state index in [0.29, 0.717) is 16.0 Å². The molecule has 0 fully saturated rings. The molecule has 3 aromatic heterocycles. The first-order chi connectivity index (χ1) is 11.8. The van der Waals surface area contributed by atoms with E-state index in [-0.39, 0.29) is 11.5 Å². The van der Waals surface area contributed by atoms with Crippen LogP contribution in [0.4, 0.5) is 4.79 Å². The van der Waals surface area contributed by atoms with E-state index < -0.39 is 12.1 Å². The molecule has 0 saturated heterocycles. The lowest BCUT2D eigenvalue weighted by Gasteiger charge is -2.19. The van der Waals surface area contributed by atoms with Crippen LogP contribution in [-0.4, -0.2) is 26.2 Å². The first-order valence-corrected chi connectivity index (χ1v) is 8.63. The summed E-state index contributed by atoms with van der Waals surface area (Å²) in [6, 6.07) is 5.10. The molecule has 0 bridgehead atoms. The molecule has 3 rings (SSSR count). The molecule has 0 aliphatic rings. The zero-order valence-corrected chi connectivity index (χ0v) is 14.8. The standard InChI is InChI=1S/C17H18N4O3S/c1-8(2)13(20-17(23)24)15-19-11-7-12(25-14(11)16(22)21-15)10-4-5-18-9(3)6-10/h4-8,13,20H,1-3H3,(H,23,24)(H,19,21,22). The topological polar surface area (TPSA) is 108 Å². The fourth-order valence-electron chi connectivity index (χ4n) is 2.63. The van der Waals surface area contributed by atoms with Crippen LogP contribution in [0, 0.1) is 12.8 Å². The molecule has 3 heterocycles. The first-order valence-electron chi connectivity index (χ1n) is 7.81. The zero-order valence-electron chi connectivity index (χ0n) is 14.0. The van der Waals surface area contributed by atoms with Crippen molar-refractivity contribution in [3.63, 3.8) is 0 Å². The van der Waals surface area contributed by atoms with Crippen LogP contribution < -0.4 is 10.9 Å². The van der Waals surface area contributed by atoms with Crippen molar-refractivity contribution in [2.45, 2.75) is 26.8 Å². The zero-order chi connectivity index (χ0) is 18.1. The van der Waals surface area contributed by atoms with E-state index in [9.17, 15) is 9.59 Å². The molecular weight excluding hydrogens is 340 g/mol. The van der Waals surface area contributed by atoms with Gasteiger partial charge >= 0.3 is 6.09 Å². The number of carboxylic acid groups (broad SMARTS) is 1. The van der Waals surface area contributed by atoms with Gasteiger partial charge in [0.05, 0.1) is 11.6 Å². The van der Waals surface area contributed by atoms with Gasteiger partial charge in [-0.1, -0.05) is 13.8 Å². The number of fused-ring (bicyclic) bond motifs is 1. The number of aryl methyl sites for hydroxylation is 1. The van der Waals surface area contributed by atoms with Crippen LogP contribution in [0.1, 0.15) is 31.4 Å². The summed E-state index contributed by atoms with van der Waals surface area (Å²) in [5, 5.41) is 11.4. The van der Waals surface area contributed by atoms with Crippen molar-refractivity contribution in [2.24, 2.45) is 5.92 Å². The van der Waals surface area contributed by atoms with Gasteiger partial charge < -0.3 is 15.4 Å². The normalized spacial score (nSPS) is 12.5. The highest BCUT2D eigenvalue weighted by atomic mass is 32.1. The number of H-pyrrole nitrogens is 1. The maximum absolute atomic E-state index is 12.5. The second-order valence-electron chi connectivity index (χ2n) is 6.13. The van der Waals surface area contributed by atoms with Crippen LogP contribution >= 0.6 is 11.3 Å². The van der Waals surface area contributed by atoms with Gasteiger partial charge in [0.25, 0.3) is 5.56 Å². The number of thiophene rings is 1. The highest BCUT2D eigenvalue weighted by molar-refractivity contribution is 7.22. The monoisotopic (exact) mass is 358 g/mol. The minimum atomic E-state index is -1.15. The molecule has 8 heteroatoms. The van der Waals surface area contributed by atoms with E-state index in [1.807, 2.05) is 39.0 Å². The predicted octanol–water partition coefficient (Wildman–Crippen LogP) is 3.32. The predicted molar refractivity (Wildman–Crippen MR) is 96.9 cm³/mol. The maximum atomic E-state index is 12.5. The van der Waals surface area contributed by atoms with Crippen LogP contribution in [0.2, 0.25) is 0 Å². The number of rotatable bonds is 4. The number of nitrogens with zero attached hydrogens (tertiary/aromatic N) is 2. The van der Waals surface area contributed by atoms with Gasteiger partial charge in [0.15, 0.2) is 0 Å². The van der Waals surface area contributed by atoms with Gasteiger partial charge in [-0.25, -0.2) is 9.78 Å². The van der Waals surface area contributed by atoms with Gasteiger partial charge in [-0.2, -0.15) is 0 Å². The Morgan fingerprint density at radius 2 is 2.12 bits per heavy atom. The Morgan fingerprint density at radius 1 is 1.36 bits per heavy atom. The van der Waals surface area contributed by atoms with E-state index >= 15 is 0 Å². The third-order valence-electron chi connectivity index (χ3n) is 3.82. The average Bonchev–Trinajstić information content (AvgIpc) is 2.97. The van der Waals surface area contributed by atoms with E-state index in [0.717, 1.165) is 16.1 Å². The SMILES string of the molecule is Cc1cc(-c2cc3nc(C(NC(=O)O)C(C)C)[nH]c(=O)c3s2)ccn1. The molecule has 0 aliphatic carbocycles. The van der Waals surface area contributed by atoms with Crippen LogP contribution in [0.3, 0.4) is 0 Å². The van der Waals surface area contributed by atoms with E-state index in [1.54, 1.807) is 6.20 Å². The van der Waals surface area contributed by atoms with Gasteiger partial charge in [0, 0.05) is 16.8 Å². The molecule has 7 nitrogen and oxygen atoms in total. The van der Waals surface area contributed by atoms with Crippen molar-refractivity contribution in [3.05, 3.63) is 46.3 Å². The largest absolute Gasteiger partial charge is 0.465 e. The summed E-state index contributed by atoms with van der Waals surface area (Å²) in [5.41, 5.74) is 2.16. The molecule has 3 N–H and O–H groups in total. The first kappa shape index (κ1) is 17.1. The van der Waals surface area contributed by atoms with Gasteiger partial charge in [-0.3, -0.25) is 9.78 Å². The molecule has 0 spiro atoms. The summed E-state index contributed by atoms with van der Waals surface area (Å²) in [7, 11) is 0. The summed E-state index contributed by atoms with van der Waals surface area (Å²) >= 11 is 1.36. The number of hydrogen-bond acceptors (Lipinski definition) is 5. The molecule has 1 atom stereocenters. The van der Waals surface area contributed by atoms with Gasteiger partial charge in [0.1, 0.15) is 10.5 Å². The van der Waals surface area contributed by atoms with Gasteiger partial charge in [-0.05, 0) is 36.6 Å². The summed E-state index contributed by atoms with van der Waals surface area (Å²) in [6.45, 7) is 5.64. The average molecular weight is 358 g/mol. The van der Waals surface area contributed by atoms with Crippen molar-refractivity contribution in [2.75, 3.05) is 0 Å².